The number of aliphatic hydroxyl groups is 2. The van der Waals surface area contributed by atoms with Crippen molar-refractivity contribution in [2.24, 2.45) is 5.73 Å². The van der Waals surface area contributed by atoms with Crippen LogP contribution in [0.3, 0.4) is 0 Å². The molecule has 1 aromatic heterocycles. The number of rotatable bonds is 3. The molecular weight excluding hydrogens is 182 g/mol. The number of hydrogen-bond donors (Lipinski definition) is 3. The number of nitrogens with zero attached hydrogens (tertiary/aromatic N) is 2. The van der Waals surface area contributed by atoms with E-state index in [-0.39, 0.29) is 12.2 Å². The number of pyridine rings is 1. The molecule has 2 unspecified atom stereocenters. The highest BCUT2D eigenvalue weighted by Gasteiger charge is 2.18. The third kappa shape index (κ3) is 2.26. The van der Waals surface area contributed by atoms with Crippen LogP contribution in [0.5, 0.6) is 0 Å². The number of aromatic nitrogens is 1. The Labute approximate surface area is 81.4 Å². The van der Waals surface area contributed by atoms with E-state index in [0.717, 1.165) is 0 Å². The molecule has 0 bridgehead atoms. The topological polar surface area (TPSA) is 103 Å². The second-order valence-corrected chi connectivity index (χ2v) is 2.83. The molecule has 5 heteroatoms. The molecule has 0 aliphatic rings. The van der Waals surface area contributed by atoms with Crippen molar-refractivity contribution in [2.45, 2.75) is 12.2 Å². The summed E-state index contributed by atoms with van der Waals surface area (Å²) in [6.45, 7) is -0.0559. The molecule has 0 saturated heterocycles. The monoisotopic (exact) mass is 193 g/mol. The van der Waals surface area contributed by atoms with Gasteiger partial charge in [-0.2, -0.15) is 5.26 Å². The quantitative estimate of drug-likeness (QED) is 0.589. The van der Waals surface area contributed by atoms with Gasteiger partial charge in [0.05, 0.1) is 23.4 Å². The Morgan fingerprint density at radius 2 is 2.29 bits per heavy atom. The van der Waals surface area contributed by atoms with E-state index in [1.54, 1.807) is 0 Å². The average Bonchev–Trinajstić information content (AvgIpc) is 2.27. The van der Waals surface area contributed by atoms with Crippen molar-refractivity contribution < 1.29 is 10.2 Å². The molecular formula is C9H11N3O2. The zero-order valence-electron chi connectivity index (χ0n) is 7.46. The summed E-state index contributed by atoms with van der Waals surface area (Å²) in [5.41, 5.74) is 5.82. The fourth-order valence-corrected chi connectivity index (χ4v) is 1.01. The molecule has 1 rings (SSSR count). The van der Waals surface area contributed by atoms with Crippen molar-refractivity contribution in [3.8, 4) is 6.07 Å². The molecule has 0 fully saturated rings. The fourth-order valence-electron chi connectivity index (χ4n) is 1.01. The largest absolute Gasteiger partial charge is 0.389 e. The van der Waals surface area contributed by atoms with Crippen molar-refractivity contribution in [3.05, 3.63) is 29.6 Å². The Hall–Kier alpha value is -1.48. The molecule has 0 spiro atoms. The van der Waals surface area contributed by atoms with Crippen LogP contribution in [0.1, 0.15) is 17.4 Å². The van der Waals surface area contributed by atoms with Gasteiger partial charge in [0.1, 0.15) is 6.10 Å². The van der Waals surface area contributed by atoms with Crippen LogP contribution in [-0.4, -0.2) is 27.8 Å². The Balaban J connectivity index is 2.91. The number of nitriles is 1. The van der Waals surface area contributed by atoms with E-state index >= 15 is 0 Å². The van der Waals surface area contributed by atoms with Gasteiger partial charge in [-0.05, 0) is 12.1 Å². The van der Waals surface area contributed by atoms with Gasteiger partial charge in [-0.25, -0.2) is 0 Å². The highest BCUT2D eigenvalue weighted by Crippen LogP contribution is 2.14. The van der Waals surface area contributed by atoms with Crippen LogP contribution in [0.4, 0.5) is 0 Å². The Morgan fingerprint density at radius 1 is 1.57 bits per heavy atom. The normalized spacial score (nSPS) is 14.4. The molecule has 1 aromatic rings. The van der Waals surface area contributed by atoms with Gasteiger partial charge < -0.3 is 15.9 Å². The molecule has 0 radical (unpaired) electrons. The van der Waals surface area contributed by atoms with Gasteiger partial charge in [0.2, 0.25) is 0 Å². The third-order valence-electron chi connectivity index (χ3n) is 1.82. The second-order valence-electron chi connectivity index (χ2n) is 2.83. The minimum Gasteiger partial charge on any atom is -0.389 e. The molecule has 14 heavy (non-hydrogen) atoms. The first kappa shape index (κ1) is 10.6. The van der Waals surface area contributed by atoms with Crippen molar-refractivity contribution in [1.82, 2.24) is 4.98 Å². The minimum atomic E-state index is -1.15. The zero-order chi connectivity index (χ0) is 10.6. The van der Waals surface area contributed by atoms with Crippen LogP contribution in [0, 0.1) is 11.3 Å². The van der Waals surface area contributed by atoms with Crippen LogP contribution in [-0.2, 0) is 0 Å². The summed E-state index contributed by atoms with van der Waals surface area (Å²) >= 11 is 0. The highest BCUT2D eigenvalue weighted by molar-refractivity contribution is 5.29. The van der Waals surface area contributed by atoms with E-state index in [4.69, 9.17) is 11.0 Å². The molecule has 74 valence electrons. The van der Waals surface area contributed by atoms with Crippen LogP contribution in [0.25, 0.3) is 0 Å². The lowest BCUT2D eigenvalue weighted by Crippen LogP contribution is -2.27. The summed E-state index contributed by atoms with van der Waals surface area (Å²) in [4.78, 5) is 3.84. The van der Waals surface area contributed by atoms with Gasteiger partial charge in [0, 0.05) is 12.7 Å². The van der Waals surface area contributed by atoms with E-state index in [1.165, 1.54) is 18.3 Å². The summed E-state index contributed by atoms with van der Waals surface area (Å²) in [6.07, 6.45) is -0.801. The Morgan fingerprint density at radius 3 is 2.86 bits per heavy atom. The third-order valence-corrected chi connectivity index (χ3v) is 1.82. The fraction of sp³-hybridized carbons (Fsp3) is 0.333. The van der Waals surface area contributed by atoms with E-state index in [1.807, 2.05) is 6.07 Å². The first-order valence-electron chi connectivity index (χ1n) is 4.11. The Kier molecular flexibility index (Phi) is 3.54. The molecule has 0 saturated carbocycles. The number of nitrogens with two attached hydrogens (primary N) is 1. The van der Waals surface area contributed by atoms with E-state index in [9.17, 15) is 10.2 Å². The standard InChI is InChI=1S/C9H11N3O2/c10-4-6-1-2-12-7(3-6)9(14)8(13)5-11/h1-3,8-9,13-14H,5,11H2. The smallest absolute Gasteiger partial charge is 0.123 e. The maximum absolute atomic E-state index is 9.51. The molecule has 0 amide bonds. The molecule has 0 aliphatic heterocycles. The molecule has 4 N–H and O–H groups in total. The predicted molar refractivity (Wildman–Crippen MR) is 49.0 cm³/mol. The molecule has 2 atom stereocenters. The zero-order valence-corrected chi connectivity index (χ0v) is 7.46. The highest BCUT2D eigenvalue weighted by atomic mass is 16.3. The summed E-state index contributed by atoms with van der Waals surface area (Å²) in [7, 11) is 0. The lowest BCUT2D eigenvalue weighted by atomic mass is 10.1. The SMILES string of the molecule is N#Cc1ccnc(C(O)C(O)CN)c1. The van der Waals surface area contributed by atoms with E-state index in [0.29, 0.717) is 5.56 Å². The van der Waals surface area contributed by atoms with Crippen LogP contribution in [0.15, 0.2) is 18.3 Å². The molecule has 1 heterocycles. The van der Waals surface area contributed by atoms with Crippen molar-refractivity contribution in [2.75, 3.05) is 6.54 Å². The second kappa shape index (κ2) is 4.67. The summed E-state index contributed by atoms with van der Waals surface area (Å²) in [5, 5.41) is 27.3. The predicted octanol–water partition coefficient (Wildman–Crippen LogP) is -0.694. The van der Waals surface area contributed by atoms with Gasteiger partial charge in [0.15, 0.2) is 0 Å². The van der Waals surface area contributed by atoms with Crippen LogP contribution in [0.2, 0.25) is 0 Å². The van der Waals surface area contributed by atoms with Crippen molar-refractivity contribution in [3.63, 3.8) is 0 Å². The van der Waals surface area contributed by atoms with Gasteiger partial charge in [-0.15, -0.1) is 0 Å². The van der Waals surface area contributed by atoms with Gasteiger partial charge in [-0.3, -0.25) is 4.98 Å². The van der Waals surface area contributed by atoms with Crippen molar-refractivity contribution in [1.29, 1.82) is 5.26 Å². The summed E-state index contributed by atoms with van der Waals surface area (Å²) in [6, 6.07) is 4.85. The lowest BCUT2D eigenvalue weighted by Gasteiger charge is -2.14. The summed E-state index contributed by atoms with van der Waals surface area (Å²) < 4.78 is 0. The van der Waals surface area contributed by atoms with Crippen molar-refractivity contribution >= 4 is 0 Å². The van der Waals surface area contributed by atoms with Crippen LogP contribution >= 0.6 is 0 Å². The maximum Gasteiger partial charge on any atom is 0.123 e. The number of aliphatic hydroxyl groups excluding tert-OH is 2. The average molecular weight is 193 g/mol. The summed E-state index contributed by atoms with van der Waals surface area (Å²) in [5.74, 6) is 0. The maximum atomic E-state index is 9.51. The van der Waals surface area contributed by atoms with Gasteiger partial charge in [0.25, 0.3) is 0 Å². The molecule has 5 nitrogen and oxygen atoms in total. The lowest BCUT2D eigenvalue weighted by molar-refractivity contribution is 0.0217. The Bertz CT molecular complexity index is 348. The first-order chi connectivity index (χ1) is 6.69. The van der Waals surface area contributed by atoms with E-state index in [2.05, 4.69) is 4.98 Å². The minimum absolute atomic E-state index is 0.0559. The van der Waals surface area contributed by atoms with Gasteiger partial charge >= 0.3 is 0 Å². The molecule has 0 aliphatic carbocycles. The van der Waals surface area contributed by atoms with Crippen LogP contribution < -0.4 is 5.73 Å². The first-order valence-corrected chi connectivity index (χ1v) is 4.11. The number of hydrogen-bond acceptors (Lipinski definition) is 5. The van der Waals surface area contributed by atoms with E-state index < -0.39 is 12.2 Å². The van der Waals surface area contributed by atoms with Gasteiger partial charge in [-0.1, -0.05) is 0 Å². The molecule has 0 aromatic carbocycles.